The van der Waals surface area contributed by atoms with Crippen LogP contribution in [0, 0.1) is 0 Å². The molecule has 1 rings (SSSR count). The number of para-hydroxylation sites is 1. The maximum absolute atomic E-state index is 5.43. The molecule has 0 radical (unpaired) electrons. The lowest BCUT2D eigenvalue weighted by Gasteiger charge is -2.25. The van der Waals surface area contributed by atoms with Crippen molar-refractivity contribution < 1.29 is 9.88 Å². The Bertz CT molecular complexity index is 373. The maximum atomic E-state index is 5.43. The van der Waals surface area contributed by atoms with E-state index in [2.05, 4.69) is 20.8 Å². The van der Waals surface area contributed by atoms with Gasteiger partial charge in [0.2, 0.25) is 0 Å². The third-order valence-corrected chi connectivity index (χ3v) is 2.84. The first-order valence-electron chi connectivity index (χ1n) is 6.57. The molecule has 0 aliphatic carbocycles. The first-order chi connectivity index (χ1) is 8.74. The molecule has 0 aliphatic heterocycles. The summed E-state index contributed by atoms with van der Waals surface area (Å²) in [5.74, 6) is 0. The zero-order valence-corrected chi connectivity index (χ0v) is 11.8. The second-order valence-corrected chi connectivity index (χ2v) is 4.05. The summed E-state index contributed by atoms with van der Waals surface area (Å²) in [5, 5.41) is 1.78. The van der Waals surface area contributed by atoms with Crippen molar-refractivity contribution in [3.8, 4) is 0 Å². The number of allylic oxidation sites excluding steroid dienone is 2. The summed E-state index contributed by atoms with van der Waals surface area (Å²) in [6, 6.07) is 10.00. The van der Waals surface area contributed by atoms with Gasteiger partial charge in [-0.25, -0.2) is 4.89 Å². The van der Waals surface area contributed by atoms with E-state index in [1.54, 1.807) is 5.06 Å². The summed E-state index contributed by atoms with van der Waals surface area (Å²) in [4.78, 5) is 10.5. The molecule has 1 aromatic carbocycles. The Morgan fingerprint density at radius 1 is 1.06 bits per heavy atom. The van der Waals surface area contributed by atoms with Gasteiger partial charge in [-0.15, -0.1) is 4.99 Å². The minimum absolute atomic E-state index is 0.519. The molecule has 1 aromatic rings. The number of nitrogens with zero attached hydrogens (tertiary/aromatic N) is 1. The van der Waals surface area contributed by atoms with Crippen molar-refractivity contribution in [2.24, 2.45) is 0 Å². The summed E-state index contributed by atoms with van der Waals surface area (Å²) >= 11 is 0. The van der Waals surface area contributed by atoms with E-state index in [0.29, 0.717) is 6.61 Å². The van der Waals surface area contributed by atoms with Crippen molar-refractivity contribution >= 4 is 5.69 Å². The standard InChI is InChI=1S/C15H23NO2/c1-5-13(4)15(6-2)16(18-17-7-3)14-11-9-8-10-12-14/h8-12H,5-7H2,1-4H3/b15-13-. The van der Waals surface area contributed by atoms with Gasteiger partial charge in [0.15, 0.2) is 0 Å². The van der Waals surface area contributed by atoms with Gasteiger partial charge in [0.05, 0.1) is 12.3 Å². The fourth-order valence-electron chi connectivity index (χ4n) is 1.74. The van der Waals surface area contributed by atoms with Crippen LogP contribution in [0.15, 0.2) is 41.6 Å². The zero-order chi connectivity index (χ0) is 13.4. The molecule has 0 unspecified atom stereocenters. The van der Waals surface area contributed by atoms with Crippen LogP contribution in [0.5, 0.6) is 0 Å². The molecule has 100 valence electrons. The second-order valence-electron chi connectivity index (χ2n) is 4.05. The first kappa shape index (κ1) is 14.7. The van der Waals surface area contributed by atoms with E-state index in [-0.39, 0.29) is 0 Å². The van der Waals surface area contributed by atoms with E-state index in [9.17, 15) is 0 Å². The normalized spacial score (nSPS) is 12.2. The molecule has 0 saturated carbocycles. The highest BCUT2D eigenvalue weighted by Crippen LogP contribution is 2.25. The topological polar surface area (TPSA) is 21.7 Å². The number of hydrogen-bond donors (Lipinski definition) is 0. The Hall–Kier alpha value is -1.32. The van der Waals surface area contributed by atoms with E-state index < -0.39 is 0 Å². The largest absolute Gasteiger partial charge is 0.212 e. The number of anilines is 1. The van der Waals surface area contributed by atoms with Crippen LogP contribution in [0.1, 0.15) is 40.5 Å². The average Bonchev–Trinajstić information content (AvgIpc) is 2.43. The van der Waals surface area contributed by atoms with Gasteiger partial charge in [0.25, 0.3) is 0 Å². The lowest BCUT2D eigenvalue weighted by atomic mass is 10.1. The average molecular weight is 249 g/mol. The molecule has 18 heavy (non-hydrogen) atoms. The van der Waals surface area contributed by atoms with Crippen LogP contribution < -0.4 is 5.06 Å². The fourth-order valence-corrected chi connectivity index (χ4v) is 1.74. The van der Waals surface area contributed by atoms with Crippen molar-refractivity contribution in [1.29, 1.82) is 0 Å². The monoisotopic (exact) mass is 249 g/mol. The van der Waals surface area contributed by atoms with Crippen molar-refractivity contribution in [1.82, 2.24) is 0 Å². The Morgan fingerprint density at radius 3 is 2.22 bits per heavy atom. The van der Waals surface area contributed by atoms with E-state index in [1.165, 1.54) is 5.57 Å². The summed E-state index contributed by atoms with van der Waals surface area (Å²) in [5.41, 5.74) is 3.44. The van der Waals surface area contributed by atoms with Gasteiger partial charge < -0.3 is 0 Å². The summed E-state index contributed by atoms with van der Waals surface area (Å²) in [6.07, 6.45) is 1.91. The van der Waals surface area contributed by atoms with Crippen LogP contribution >= 0.6 is 0 Å². The molecule has 0 aromatic heterocycles. The SMILES string of the molecule is CCOON(/C(CC)=C(/C)CC)c1ccccc1. The number of hydroxylamine groups is 1. The van der Waals surface area contributed by atoms with Crippen molar-refractivity contribution in [3.63, 3.8) is 0 Å². The predicted molar refractivity (Wildman–Crippen MR) is 74.9 cm³/mol. The molecular formula is C15H23NO2. The highest BCUT2D eigenvalue weighted by molar-refractivity contribution is 5.49. The number of hydrogen-bond acceptors (Lipinski definition) is 3. The van der Waals surface area contributed by atoms with Gasteiger partial charge in [-0.2, -0.15) is 5.06 Å². The summed E-state index contributed by atoms with van der Waals surface area (Å²) < 4.78 is 0. The van der Waals surface area contributed by atoms with Crippen LogP contribution in [-0.2, 0) is 9.88 Å². The molecule has 0 amide bonds. The quantitative estimate of drug-likeness (QED) is 0.525. The molecule has 0 bridgehead atoms. The van der Waals surface area contributed by atoms with Crippen molar-refractivity contribution in [2.45, 2.75) is 40.5 Å². The zero-order valence-electron chi connectivity index (χ0n) is 11.8. The Kier molecular flexibility index (Phi) is 6.47. The molecule has 3 nitrogen and oxygen atoms in total. The Balaban J connectivity index is 3.04. The Labute approximate surface area is 110 Å². The van der Waals surface area contributed by atoms with Crippen molar-refractivity contribution in [2.75, 3.05) is 11.7 Å². The van der Waals surface area contributed by atoms with Gasteiger partial charge in [-0.1, -0.05) is 37.6 Å². The van der Waals surface area contributed by atoms with Gasteiger partial charge in [0.1, 0.15) is 0 Å². The van der Waals surface area contributed by atoms with Gasteiger partial charge in [-0.3, -0.25) is 0 Å². The van der Waals surface area contributed by atoms with Crippen LogP contribution in [0.25, 0.3) is 0 Å². The van der Waals surface area contributed by atoms with Crippen LogP contribution in [0.3, 0.4) is 0 Å². The maximum Gasteiger partial charge on any atom is 0.0820 e. The molecule has 3 heteroatoms. The highest BCUT2D eigenvalue weighted by Gasteiger charge is 2.14. The van der Waals surface area contributed by atoms with E-state index in [0.717, 1.165) is 24.2 Å². The van der Waals surface area contributed by atoms with Gasteiger partial charge in [-0.05, 0) is 38.8 Å². The molecule has 0 aliphatic rings. The molecule has 0 heterocycles. The minimum Gasteiger partial charge on any atom is -0.212 e. The van der Waals surface area contributed by atoms with Crippen molar-refractivity contribution in [3.05, 3.63) is 41.6 Å². The van der Waals surface area contributed by atoms with E-state index in [4.69, 9.17) is 9.88 Å². The number of benzene rings is 1. The summed E-state index contributed by atoms with van der Waals surface area (Å²) in [6.45, 7) is 8.83. The highest BCUT2D eigenvalue weighted by atomic mass is 17.3. The first-order valence-corrected chi connectivity index (χ1v) is 6.57. The third kappa shape index (κ3) is 3.86. The molecular weight excluding hydrogens is 226 g/mol. The smallest absolute Gasteiger partial charge is 0.0820 e. The van der Waals surface area contributed by atoms with Crippen LogP contribution in [-0.4, -0.2) is 6.61 Å². The van der Waals surface area contributed by atoms with Crippen LogP contribution in [0.4, 0.5) is 5.69 Å². The van der Waals surface area contributed by atoms with E-state index in [1.807, 2.05) is 37.3 Å². The molecule has 0 saturated heterocycles. The summed E-state index contributed by atoms with van der Waals surface area (Å²) in [7, 11) is 0. The number of rotatable bonds is 7. The minimum atomic E-state index is 0.519. The van der Waals surface area contributed by atoms with Gasteiger partial charge in [0, 0.05) is 5.70 Å². The Morgan fingerprint density at radius 2 is 1.72 bits per heavy atom. The third-order valence-electron chi connectivity index (χ3n) is 2.84. The predicted octanol–water partition coefficient (Wildman–Crippen LogP) is 4.47. The molecule has 0 fully saturated rings. The molecule has 0 atom stereocenters. The fraction of sp³-hybridized carbons (Fsp3) is 0.467. The molecule has 0 N–H and O–H groups in total. The van der Waals surface area contributed by atoms with E-state index >= 15 is 0 Å². The lowest BCUT2D eigenvalue weighted by Crippen LogP contribution is -2.24. The second kappa shape index (κ2) is 7.90. The van der Waals surface area contributed by atoms with Gasteiger partial charge >= 0.3 is 0 Å². The molecule has 0 spiro atoms. The lowest BCUT2D eigenvalue weighted by molar-refractivity contribution is -0.296. The van der Waals surface area contributed by atoms with Crippen LogP contribution in [0.2, 0.25) is 0 Å².